The van der Waals surface area contributed by atoms with Crippen molar-refractivity contribution in [3.05, 3.63) is 64.1 Å². The highest BCUT2D eigenvalue weighted by atomic mass is 79.9. The molecular weight excluding hydrogens is 299 g/mol. The Hall–Kier alpha value is -1.75. The fourth-order valence-corrected chi connectivity index (χ4v) is 1.80. The zero-order chi connectivity index (χ0) is 13.0. The number of nitrogens with one attached hydrogen (secondary N) is 1. The van der Waals surface area contributed by atoms with Crippen molar-refractivity contribution in [3.63, 3.8) is 0 Å². The van der Waals surface area contributed by atoms with Crippen LogP contribution in [-0.2, 0) is 6.54 Å². The number of halogens is 2. The lowest BCUT2D eigenvalue weighted by Crippen LogP contribution is -2.22. The van der Waals surface area contributed by atoms with E-state index in [-0.39, 0.29) is 16.2 Å². The van der Waals surface area contributed by atoms with E-state index in [1.54, 1.807) is 12.4 Å². The first-order valence-corrected chi connectivity index (χ1v) is 6.08. The highest BCUT2D eigenvalue weighted by molar-refractivity contribution is 9.10. The molecule has 1 amide bonds. The van der Waals surface area contributed by atoms with E-state index in [1.807, 2.05) is 12.1 Å². The van der Waals surface area contributed by atoms with Gasteiger partial charge in [0.05, 0.1) is 4.47 Å². The zero-order valence-electron chi connectivity index (χ0n) is 9.36. The molecule has 0 radical (unpaired) electrons. The maximum Gasteiger partial charge on any atom is 0.251 e. The summed E-state index contributed by atoms with van der Waals surface area (Å²) >= 11 is 3.05. The van der Waals surface area contributed by atoms with Crippen molar-refractivity contribution in [2.45, 2.75) is 6.54 Å². The summed E-state index contributed by atoms with van der Waals surface area (Å²) in [6, 6.07) is 7.80. The fourth-order valence-electron chi connectivity index (χ4n) is 1.42. The monoisotopic (exact) mass is 308 g/mol. The van der Waals surface area contributed by atoms with Crippen molar-refractivity contribution in [2.24, 2.45) is 0 Å². The molecule has 18 heavy (non-hydrogen) atoms. The second kappa shape index (κ2) is 5.73. The number of benzene rings is 1. The summed E-state index contributed by atoms with van der Waals surface area (Å²) in [4.78, 5) is 15.7. The lowest BCUT2D eigenvalue weighted by molar-refractivity contribution is 0.0951. The van der Waals surface area contributed by atoms with E-state index in [1.165, 1.54) is 18.2 Å². The standard InChI is InChI=1S/C13H10BrFN2O/c14-11-7-10(1-2-12(11)15)13(18)17-8-9-3-5-16-6-4-9/h1-7H,8H2,(H,17,18). The Labute approximate surface area is 112 Å². The van der Waals surface area contributed by atoms with Gasteiger partial charge in [0, 0.05) is 24.5 Å². The van der Waals surface area contributed by atoms with Gasteiger partial charge in [0.1, 0.15) is 5.82 Å². The second-order valence-corrected chi connectivity index (χ2v) is 4.52. The summed E-state index contributed by atoms with van der Waals surface area (Å²) < 4.78 is 13.3. The summed E-state index contributed by atoms with van der Waals surface area (Å²) in [5.74, 6) is -0.631. The molecule has 1 N–H and O–H groups in total. The minimum atomic E-state index is -0.388. The molecule has 0 atom stereocenters. The quantitative estimate of drug-likeness (QED) is 0.947. The first-order valence-electron chi connectivity index (χ1n) is 5.29. The molecule has 0 saturated heterocycles. The molecule has 2 aromatic rings. The van der Waals surface area contributed by atoms with Crippen LogP contribution in [0.25, 0.3) is 0 Å². The van der Waals surface area contributed by atoms with Gasteiger partial charge in [-0.25, -0.2) is 4.39 Å². The predicted octanol–water partition coefficient (Wildman–Crippen LogP) is 2.91. The molecule has 0 spiro atoms. The zero-order valence-corrected chi connectivity index (χ0v) is 10.9. The number of carbonyl (C=O) groups excluding carboxylic acids is 1. The van der Waals surface area contributed by atoms with Crippen LogP contribution in [-0.4, -0.2) is 10.9 Å². The van der Waals surface area contributed by atoms with Gasteiger partial charge in [-0.15, -0.1) is 0 Å². The van der Waals surface area contributed by atoms with Crippen LogP contribution in [0, 0.1) is 5.82 Å². The van der Waals surface area contributed by atoms with Crippen LogP contribution in [0.3, 0.4) is 0 Å². The molecule has 5 heteroatoms. The van der Waals surface area contributed by atoms with Gasteiger partial charge in [-0.1, -0.05) is 0 Å². The maximum absolute atomic E-state index is 13.0. The SMILES string of the molecule is O=C(NCc1ccncc1)c1ccc(F)c(Br)c1. The molecule has 1 aromatic carbocycles. The first-order chi connectivity index (χ1) is 8.66. The number of pyridine rings is 1. The molecule has 2 rings (SSSR count). The molecule has 0 aliphatic carbocycles. The fraction of sp³-hybridized carbons (Fsp3) is 0.0769. The molecule has 92 valence electrons. The third kappa shape index (κ3) is 3.13. The minimum Gasteiger partial charge on any atom is -0.348 e. The number of carbonyl (C=O) groups is 1. The molecule has 1 aromatic heterocycles. The van der Waals surface area contributed by atoms with Crippen LogP contribution in [0.4, 0.5) is 4.39 Å². The molecule has 0 aliphatic rings. The van der Waals surface area contributed by atoms with Gasteiger partial charge in [-0.2, -0.15) is 0 Å². The summed E-state index contributed by atoms with van der Waals surface area (Å²) in [7, 11) is 0. The lowest BCUT2D eigenvalue weighted by atomic mass is 10.2. The summed E-state index contributed by atoms with van der Waals surface area (Å²) in [6.45, 7) is 0.413. The van der Waals surface area contributed by atoms with Gasteiger partial charge in [0.2, 0.25) is 0 Å². The Bertz CT molecular complexity index is 560. The van der Waals surface area contributed by atoms with Crippen LogP contribution >= 0.6 is 15.9 Å². The smallest absolute Gasteiger partial charge is 0.251 e. The molecular formula is C13H10BrFN2O. The van der Waals surface area contributed by atoms with Crippen molar-refractivity contribution in [3.8, 4) is 0 Å². The minimum absolute atomic E-state index is 0.243. The Morgan fingerprint density at radius 2 is 2.00 bits per heavy atom. The number of amides is 1. The van der Waals surface area contributed by atoms with Crippen LogP contribution in [0.5, 0.6) is 0 Å². The lowest BCUT2D eigenvalue weighted by Gasteiger charge is -2.05. The second-order valence-electron chi connectivity index (χ2n) is 3.67. The van der Waals surface area contributed by atoms with Gasteiger partial charge in [-0.05, 0) is 51.8 Å². The van der Waals surface area contributed by atoms with Crippen molar-refractivity contribution < 1.29 is 9.18 Å². The van der Waals surface area contributed by atoms with Gasteiger partial charge in [0.25, 0.3) is 5.91 Å². The Morgan fingerprint density at radius 3 is 2.67 bits per heavy atom. The highest BCUT2D eigenvalue weighted by Crippen LogP contribution is 2.16. The molecule has 0 saturated carbocycles. The maximum atomic E-state index is 13.0. The third-order valence-corrected chi connectivity index (χ3v) is 2.99. The number of rotatable bonds is 3. The summed E-state index contributed by atoms with van der Waals surface area (Å²) in [6.07, 6.45) is 3.33. The molecule has 0 bridgehead atoms. The van der Waals surface area contributed by atoms with E-state index < -0.39 is 0 Å². The van der Waals surface area contributed by atoms with Crippen LogP contribution in [0.15, 0.2) is 47.2 Å². The van der Waals surface area contributed by atoms with E-state index in [2.05, 4.69) is 26.2 Å². The van der Waals surface area contributed by atoms with Gasteiger partial charge < -0.3 is 5.32 Å². The molecule has 0 aliphatic heterocycles. The summed E-state index contributed by atoms with van der Waals surface area (Å²) in [5, 5.41) is 2.75. The predicted molar refractivity (Wildman–Crippen MR) is 69.5 cm³/mol. The van der Waals surface area contributed by atoms with Crippen molar-refractivity contribution in [1.82, 2.24) is 10.3 Å². The number of aromatic nitrogens is 1. The van der Waals surface area contributed by atoms with Crippen molar-refractivity contribution >= 4 is 21.8 Å². The topological polar surface area (TPSA) is 42.0 Å². The number of nitrogens with zero attached hydrogens (tertiary/aromatic N) is 1. The van der Waals surface area contributed by atoms with E-state index in [9.17, 15) is 9.18 Å². The van der Waals surface area contributed by atoms with Crippen molar-refractivity contribution in [2.75, 3.05) is 0 Å². The Morgan fingerprint density at radius 1 is 1.28 bits per heavy atom. The average molecular weight is 309 g/mol. The van der Waals surface area contributed by atoms with E-state index in [0.29, 0.717) is 12.1 Å². The van der Waals surface area contributed by atoms with Gasteiger partial charge in [-0.3, -0.25) is 9.78 Å². The van der Waals surface area contributed by atoms with Gasteiger partial charge >= 0.3 is 0 Å². The van der Waals surface area contributed by atoms with Crippen molar-refractivity contribution in [1.29, 1.82) is 0 Å². The number of hydrogen-bond acceptors (Lipinski definition) is 2. The first kappa shape index (κ1) is 12.7. The number of hydrogen-bond donors (Lipinski definition) is 1. The molecule has 0 unspecified atom stereocenters. The third-order valence-electron chi connectivity index (χ3n) is 2.38. The highest BCUT2D eigenvalue weighted by Gasteiger charge is 2.07. The van der Waals surface area contributed by atoms with Crippen LogP contribution in [0.1, 0.15) is 15.9 Å². The van der Waals surface area contributed by atoms with E-state index in [0.717, 1.165) is 5.56 Å². The normalized spacial score (nSPS) is 10.1. The molecule has 1 heterocycles. The average Bonchev–Trinajstić information content (AvgIpc) is 2.40. The Balaban J connectivity index is 2.02. The van der Waals surface area contributed by atoms with E-state index >= 15 is 0 Å². The summed E-state index contributed by atoms with van der Waals surface area (Å²) in [5.41, 5.74) is 1.37. The molecule has 0 fully saturated rings. The van der Waals surface area contributed by atoms with Crippen LogP contribution in [0.2, 0.25) is 0 Å². The van der Waals surface area contributed by atoms with Gasteiger partial charge in [0.15, 0.2) is 0 Å². The molecule has 3 nitrogen and oxygen atoms in total. The van der Waals surface area contributed by atoms with E-state index in [4.69, 9.17) is 0 Å². The Kier molecular flexibility index (Phi) is 4.04. The van der Waals surface area contributed by atoms with Crippen LogP contribution < -0.4 is 5.32 Å². The largest absolute Gasteiger partial charge is 0.348 e.